The lowest BCUT2D eigenvalue weighted by Crippen LogP contribution is -2.36. The predicted molar refractivity (Wildman–Crippen MR) is 95.8 cm³/mol. The molecule has 0 aliphatic carbocycles. The molecule has 1 N–H and O–H groups in total. The molecule has 3 heterocycles. The zero-order chi connectivity index (χ0) is 18.0. The number of unbranched alkanes of at least 4 members (excludes halogenated alkanes) is 1. The third kappa shape index (κ3) is 3.55. The maximum absolute atomic E-state index is 12.3. The molecule has 0 saturated carbocycles. The summed E-state index contributed by atoms with van der Waals surface area (Å²) >= 11 is 0. The number of fused-ring (bicyclic) bond motifs is 1. The number of aromatic amines is 1. The van der Waals surface area contributed by atoms with E-state index in [1.165, 1.54) is 0 Å². The summed E-state index contributed by atoms with van der Waals surface area (Å²) in [4.78, 5) is 33.8. The first-order valence-electron chi connectivity index (χ1n) is 8.98. The monoisotopic (exact) mass is 349 g/mol. The molecule has 138 valence electrons. The topological polar surface area (TPSA) is 85.2 Å². The number of piperidine rings is 1. The average molecular weight is 349 g/mol. The SMILES string of the molecule is CCCCn1c(=O)[nH]c(=O)c2c1nc(CN1CCC(OC)CC1)n2C. The molecule has 25 heavy (non-hydrogen) atoms. The van der Waals surface area contributed by atoms with E-state index in [4.69, 9.17) is 4.74 Å². The number of nitrogens with zero attached hydrogens (tertiary/aromatic N) is 4. The van der Waals surface area contributed by atoms with Crippen LogP contribution in [0.25, 0.3) is 11.2 Å². The summed E-state index contributed by atoms with van der Waals surface area (Å²) in [7, 11) is 3.60. The molecule has 2 aromatic rings. The van der Waals surface area contributed by atoms with E-state index in [0.717, 1.165) is 44.6 Å². The Morgan fingerprint density at radius 1 is 1.28 bits per heavy atom. The first kappa shape index (κ1) is 17.9. The van der Waals surface area contributed by atoms with E-state index in [1.807, 2.05) is 11.6 Å². The Labute approximate surface area is 146 Å². The lowest BCUT2D eigenvalue weighted by Gasteiger charge is -2.30. The van der Waals surface area contributed by atoms with Crippen molar-refractivity contribution in [2.45, 2.75) is 51.8 Å². The van der Waals surface area contributed by atoms with Crippen molar-refractivity contribution in [1.29, 1.82) is 0 Å². The number of hydrogen-bond acceptors (Lipinski definition) is 5. The summed E-state index contributed by atoms with van der Waals surface area (Å²) in [5, 5.41) is 0. The number of ether oxygens (including phenoxy) is 1. The summed E-state index contributed by atoms with van der Waals surface area (Å²) < 4.78 is 8.81. The van der Waals surface area contributed by atoms with Crippen molar-refractivity contribution in [2.75, 3.05) is 20.2 Å². The molecule has 1 aliphatic heterocycles. The fourth-order valence-corrected chi connectivity index (χ4v) is 3.46. The van der Waals surface area contributed by atoms with Crippen molar-refractivity contribution in [3.8, 4) is 0 Å². The first-order chi connectivity index (χ1) is 12.0. The van der Waals surface area contributed by atoms with Gasteiger partial charge in [0, 0.05) is 33.8 Å². The Morgan fingerprint density at radius 2 is 2.00 bits per heavy atom. The zero-order valence-electron chi connectivity index (χ0n) is 15.2. The van der Waals surface area contributed by atoms with Gasteiger partial charge < -0.3 is 9.30 Å². The Kier molecular flexibility index (Phi) is 5.39. The Balaban J connectivity index is 1.92. The van der Waals surface area contributed by atoms with Gasteiger partial charge in [0.15, 0.2) is 11.2 Å². The Hall–Kier alpha value is -1.93. The van der Waals surface area contributed by atoms with Crippen molar-refractivity contribution >= 4 is 11.2 Å². The van der Waals surface area contributed by atoms with Crippen LogP contribution in [0.2, 0.25) is 0 Å². The van der Waals surface area contributed by atoms with Crippen LogP contribution in [0.5, 0.6) is 0 Å². The van der Waals surface area contributed by atoms with E-state index in [1.54, 1.807) is 11.7 Å². The third-order valence-corrected chi connectivity index (χ3v) is 5.07. The summed E-state index contributed by atoms with van der Waals surface area (Å²) in [6, 6.07) is 0. The summed E-state index contributed by atoms with van der Waals surface area (Å²) in [5.41, 5.74) is 0.215. The van der Waals surface area contributed by atoms with Crippen molar-refractivity contribution in [3.05, 3.63) is 26.7 Å². The minimum atomic E-state index is -0.378. The van der Waals surface area contributed by atoms with Gasteiger partial charge in [0.2, 0.25) is 0 Å². The molecule has 0 aromatic carbocycles. The van der Waals surface area contributed by atoms with Crippen LogP contribution in [-0.2, 0) is 24.9 Å². The van der Waals surface area contributed by atoms with E-state index in [2.05, 4.69) is 21.8 Å². The number of aryl methyl sites for hydroxylation is 2. The molecule has 0 unspecified atom stereocenters. The van der Waals surface area contributed by atoms with Crippen LogP contribution in [0.4, 0.5) is 0 Å². The number of hydrogen-bond donors (Lipinski definition) is 1. The standard InChI is InChI=1S/C17H27N5O3/c1-4-5-8-22-15-14(16(23)19-17(22)24)20(2)13(18-15)11-21-9-6-12(25-3)7-10-21/h12H,4-11H2,1-3H3,(H,19,23,24). The van der Waals surface area contributed by atoms with Crippen LogP contribution >= 0.6 is 0 Å². The normalized spacial score (nSPS) is 16.8. The van der Waals surface area contributed by atoms with Gasteiger partial charge in [-0.25, -0.2) is 9.78 Å². The second-order valence-electron chi connectivity index (χ2n) is 6.73. The molecular formula is C17H27N5O3. The fraction of sp³-hybridized carbons (Fsp3) is 0.706. The first-order valence-corrected chi connectivity index (χ1v) is 8.98. The number of methoxy groups -OCH3 is 1. The molecule has 3 rings (SSSR count). The van der Waals surface area contributed by atoms with Gasteiger partial charge in [-0.05, 0) is 19.3 Å². The average Bonchev–Trinajstić information content (AvgIpc) is 2.92. The van der Waals surface area contributed by atoms with Gasteiger partial charge in [-0.3, -0.25) is 19.2 Å². The minimum Gasteiger partial charge on any atom is -0.381 e. The van der Waals surface area contributed by atoms with Crippen molar-refractivity contribution < 1.29 is 4.74 Å². The van der Waals surface area contributed by atoms with Gasteiger partial charge >= 0.3 is 5.69 Å². The molecule has 1 saturated heterocycles. The third-order valence-electron chi connectivity index (χ3n) is 5.07. The predicted octanol–water partition coefficient (Wildman–Crippen LogP) is 0.834. The molecule has 0 atom stereocenters. The van der Waals surface area contributed by atoms with Crippen LogP contribution in [0.1, 0.15) is 38.4 Å². The molecule has 8 nitrogen and oxygen atoms in total. The molecule has 2 aromatic heterocycles. The van der Waals surface area contributed by atoms with Crippen LogP contribution in [0.15, 0.2) is 9.59 Å². The van der Waals surface area contributed by atoms with Crippen molar-refractivity contribution in [1.82, 2.24) is 24.0 Å². The molecule has 0 amide bonds. The van der Waals surface area contributed by atoms with E-state index >= 15 is 0 Å². The second-order valence-corrected chi connectivity index (χ2v) is 6.73. The highest BCUT2D eigenvalue weighted by molar-refractivity contribution is 5.70. The number of rotatable bonds is 6. The second kappa shape index (κ2) is 7.53. The smallest absolute Gasteiger partial charge is 0.330 e. The Morgan fingerprint density at radius 3 is 2.64 bits per heavy atom. The number of aromatic nitrogens is 4. The highest BCUT2D eigenvalue weighted by atomic mass is 16.5. The maximum atomic E-state index is 12.3. The Bertz CT molecular complexity index is 842. The number of H-pyrrole nitrogens is 1. The van der Waals surface area contributed by atoms with Crippen LogP contribution in [0, 0.1) is 0 Å². The molecule has 1 aliphatic rings. The fourth-order valence-electron chi connectivity index (χ4n) is 3.46. The molecular weight excluding hydrogens is 322 g/mol. The van der Waals surface area contributed by atoms with Gasteiger partial charge in [0.25, 0.3) is 5.56 Å². The highest BCUT2D eigenvalue weighted by Crippen LogP contribution is 2.17. The van der Waals surface area contributed by atoms with Gasteiger partial charge in [0.05, 0.1) is 12.6 Å². The number of likely N-dealkylation sites (tertiary alicyclic amines) is 1. The molecule has 8 heteroatoms. The van der Waals surface area contributed by atoms with Gasteiger partial charge in [-0.15, -0.1) is 0 Å². The zero-order valence-corrected chi connectivity index (χ0v) is 15.2. The van der Waals surface area contributed by atoms with E-state index in [9.17, 15) is 9.59 Å². The van der Waals surface area contributed by atoms with Crippen LogP contribution in [0.3, 0.4) is 0 Å². The van der Waals surface area contributed by atoms with Gasteiger partial charge in [-0.1, -0.05) is 13.3 Å². The lowest BCUT2D eigenvalue weighted by molar-refractivity contribution is 0.0379. The number of imidazole rings is 1. The maximum Gasteiger partial charge on any atom is 0.330 e. The summed E-state index contributed by atoms with van der Waals surface area (Å²) in [6.07, 6.45) is 4.18. The van der Waals surface area contributed by atoms with Crippen molar-refractivity contribution in [2.24, 2.45) is 7.05 Å². The quantitative estimate of drug-likeness (QED) is 0.835. The molecule has 1 fully saturated rings. The largest absolute Gasteiger partial charge is 0.381 e. The summed E-state index contributed by atoms with van der Waals surface area (Å²) in [6.45, 7) is 5.20. The van der Waals surface area contributed by atoms with Gasteiger partial charge in [-0.2, -0.15) is 0 Å². The minimum absolute atomic E-state index is 0.332. The molecule has 0 radical (unpaired) electrons. The van der Waals surface area contributed by atoms with E-state index in [0.29, 0.717) is 30.4 Å². The molecule has 0 spiro atoms. The number of nitrogens with one attached hydrogen (secondary N) is 1. The van der Waals surface area contributed by atoms with E-state index in [-0.39, 0.29) is 11.2 Å². The van der Waals surface area contributed by atoms with Crippen molar-refractivity contribution in [3.63, 3.8) is 0 Å². The van der Waals surface area contributed by atoms with Gasteiger partial charge in [0.1, 0.15) is 5.82 Å². The molecule has 0 bridgehead atoms. The van der Waals surface area contributed by atoms with Crippen LogP contribution < -0.4 is 11.2 Å². The highest BCUT2D eigenvalue weighted by Gasteiger charge is 2.22. The van der Waals surface area contributed by atoms with Crippen LogP contribution in [-0.4, -0.2) is 50.3 Å². The lowest BCUT2D eigenvalue weighted by atomic mass is 10.1. The summed E-state index contributed by atoms with van der Waals surface area (Å²) in [5.74, 6) is 0.812. The van der Waals surface area contributed by atoms with E-state index < -0.39 is 0 Å².